The lowest BCUT2D eigenvalue weighted by atomic mass is 9.65. The van der Waals surface area contributed by atoms with Gasteiger partial charge in [0, 0.05) is 36.3 Å². The maximum absolute atomic E-state index is 5.37. The van der Waals surface area contributed by atoms with Gasteiger partial charge >= 0.3 is 0 Å². The molecule has 296 valence electrons. The van der Waals surface area contributed by atoms with E-state index in [0.717, 1.165) is 22.3 Å². The molecule has 0 aliphatic heterocycles. The van der Waals surface area contributed by atoms with Crippen molar-refractivity contribution in [3.63, 3.8) is 0 Å². The third-order valence-electron chi connectivity index (χ3n) is 11.6. The molecule has 3 nitrogen and oxygen atoms in total. The minimum atomic E-state index is -1.94. The molecule has 0 bridgehead atoms. The van der Waals surface area contributed by atoms with Gasteiger partial charge in [-0.15, -0.1) is 10.0 Å². The third-order valence-corrected chi connectivity index (χ3v) is 15.5. The van der Waals surface area contributed by atoms with E-state index in [1.807, 2.05) is 18.2 Å². The molecular weight excluding hydrogens is 771 g/mol. The number of rotatable bonds is 11. The predicted molar refractivity (Wildman–Crippen MR) is 254 cm³/mol. The van der Waals surface area contributed by atoms with Gasteiger partial charge in [-0.25, -0.2) is 15.0 Å². The van der Waals surface area contributed by atoms with Gasteiger partial charge < -0.3 is 0 Å². The molecule has 0 aliphatic carbocycles. The SMILES string of the molecule is c1ccc(-c2nc(-c3cccc(C(c4ccccc4)(c4ccccc4)c4ccccc4)c3)nc(-c3cccc(S(c4ccccc4)(c4ccccc4)c4ccccc4)c3)n2)cc1. The van der Waals surface area contributed by atoms with E-state index in [0.29, 0.717) is 17.5 Å². The van der Waals surface area contributed by atoms with Gasteiger partial charge in [-0.3, -0.25) is 0 Å². The maximum atomic E-state index is 5.37. The highest BCUT2D eigenvalue weighted by molar-refractivity contribution is 8.34. The van der Waals surface area contributed by atoms with E-state index >= 15 is 0 Å². The Morgan fingerprint density at radius 3 is 0.952 bits per heavy atom. The fourth-order valence-corrected chi connectivity index (χ4v) is 12.7. The first-order chi connectivity index (χ1) is 30.7. The molecule has 0 fully saturated rings. The highest BCUT2D eigenvalue weighted by atomic mass is 32.3. The Morgan fingerprint density at radius 2 is 0.532 bits per heavy atom. The van der Waals surface area contributed by atoms with E-state index in [4.69, 9.17) is 15.0 Å². The molecule has 0 N–H and O–H groups in total. The summed E-state index contributed by atoms with van der Waals surface area (Å²) in [6.45, 7) is 0. The zero-order valence-electron chi connectivity index (χ0n) is 34.1. The average Bonchev–Trinajstić information content (AvgIpc) is 3.37. The molecule has 0 radical (unpaired) electrons. The Morgan fingerprint density at radius 1 is 0.242 bits per heavy atom. The second-order valence-corrected chi connectivity index (χ2v) is 18.3. The Balaban J connectivity index is 1.20. The van der Waals surface area contributed by atoms with Gasteiger partial charge in [-0.2, -0.15) is 0 Å². The van der Waals surface area contributed by atoms with Gasteiger partial charge in [0.15, 0.2) is 17.5 Å². The second-order valence-electron chi connectivity index (χ2n) is 15.2. The van der Waals surface area contributed by atoms with Crippen LogP contribution in [0.3, 0.4) is 0 Å². The molecule has 0 saturated heterocycles. The van der Waals surface area contributed by atoms with E-state index in [1.54, 1.807) is 0 Å². The van der Waals surface area contributed by atoms with Crippen molar-refractivity contribution in [1.82, 2.24) is 15.0 Å². The number of hydrogen-bond acceptors (Lipinski definition) is 3. The van der Waals surface area contributed by atoms with Crippen molar-refractivity contribution in [3.05, 3.63) is 283 Å². The van der Waals surface area contributed by atoms with Crippen LogP contribution in [0.25, 0.3) is 34.2 Å². The van der Waals surface area contributed by atoms with Gasteiger partial charge in [0.2, 0.25) is 0 Å². The van der Waals surface area contributed by atoms with Crippen LogP contribution >= 0.6 is 10.0 Å². The van der Waals surface area contributed by atoms with Crippen molar-refractivity contribution in [1.29, 1.82) is 0 Å². The number of aromatic nitrogens is 3. The fourth-order valence-electron chi connectivity index (χ4n) is 8.82. The Bertz CT molecular complexity index is 2660. The second kappa shape index (κ2) is 17.1. The van der Waals surface area contributed by atoms with Crippen LogP contribution in [0.5, 0.6) is 0 Å². The van der Waals surface area contributed by atoms with Crippen molar-refractivity contribution < 1.29 is 0 Å². The normalized spacial score (nSPS) is 11.8. The van der Waals surface area contributed by atoms with Crippen LogP contribution in [0, 0.1) is 0 Å². The molecular formula is C58H43N3S. The van der Waals surface area contributed by atoms with Crippen LogP contribution in [-0.2, 0) is 5.41 Å². The molecule has 0 amide bonds. The molecule has 1 aromatic heterocycles. The predicted octanol–water partition coefficient (Wildman–Crippen LogP) is 14.6. The summed E-state index contributed by atoms with van der Waals surface area (Å²) >= 11 is 0. The summed E-state index contributed by atoms with van der Waals surface area (Å²) in [7, 11) is -1.94. The number of benzene rings is 9. The highest BCUT2D eigenvalue weighted by Gasteiger charge is 2.39. The van der Waals surface area contributed by atoms with E-state index < -0.39 is 15.4 Å². The number of hydrogen-bond donors (Lipinski definition) is 0. The first-order valence-electron chi connectivity index (χ1n) is 20.9. The van der Waals surface area contributed by atoms with Crippen molar-refractivity contribution in [3.8, 4) is 34.2 Å². The van der Waals surface area contributed by atoms with Crippen LogP contribution in [0.2, 0.25) is 0 Å². The molecule has 10 aromatic rings. The first kappa shape index (κ1) is 38.5. The fraction of sp³-hybridized carbons (Fsp3) is 0.0172. The molecule has 9 aromatic carbocycles. The topological polar surface area (TPSA) is 38.7 Å². The largest absolute Gasteiger partial charge is 0.208 e. The van der Waals surface area contributed by atoms with Crippen LogP contribution < -0.4 is 0 Å². The Labute approximate surface area is 365 Å². The Hall–Kier alpha value is -7.66. The zero-order valence-corrected chi connectivity index (χ0v) is 34.9. The van der Waals surface area contributed by atoms with Crippen LogP contribution in [-0.4, -0.2) is 15.0 Å². The summed E-state index contributed by atoms with van der Waals surface area (Å²) in [6.07, 6.45) is 0. The number of nitrogens with zero attached hydrogens (tertiary/aromatic N) is 3. The van der Waals surface area contributed by atoms with E-state index in [9.17, 15) is 0 Å². The lowest BCUT2D eigenvalue weighted by Crippen LogP contribution is -2.31. The molecule has 1 heterocycles. The van der Waals surface area contributed by atoms with Crippen molar-refractivity contribution in [2.24, 2.45) is 0 Å². The van der Waals surface area contributed by atoms with Crippen LogP contribution in [0.1, 0.15) is 22.3 Å². The minimum Gasteiger partial charge on any atom is -0.208 e. The quantitative estimate of drug-likeness (QED) is 0.122. The first-order valence-corrected chi connectivity index (χ1v) is 22.6. The van der Waals surface area contributed by atoms with Gasteiger partial charge in [-0.1, -0.05) is 206 Å². The van der Waals surface area contributed by atoms with Crippen LogP contribution in [0.15, 0.2) is 280 Å². The van der Waals surface area contributed by atoms with Gasteiger partial charge in [0.25, 0.3) is 0 Å². The summed E-state index contributed by atoms with van der Waals surface area (Å²) in [6, 6.07) is 93.0. The third kappa shape index (κ3) is 7.00. The smallest absolute Gasteiger partial charge is 0.164 e. The summed E-state index contributed by atoms with van der Waals surface area (Å²) in [5, 5.41) is 0. The minimum absolute atomic E-state index is 0.608. The van der Waals surface area contributed by atoms with Gasteiger partial charge in [0.1, 0.15) is 0 Å². The monoisotopic (exact) mass is 813 g/mol. The van der Waals surface area contributed by atoms with Gasteiger partial charge in [0.05, 0.1) is 5.41 Å². The molecule has 0 spiro atoms. The summed E-state index contributed by atoms with van der Waals surface area (Å²) < 4.78 is 0. The molecule has 0 aliphatic rings. The van der Waals surface area contributed by atoms with E-state index in [-0.39, 0.29) is 0 Å². The molecule has 10 rings (SSSR count). The molecule has 4 heteroatoms. The molecule has 0 atom stereocenters. The average molecular weight is 814 g/mol. The van der Waals surface area contributed by atoms with E-state index in [2.05, 4.69) is 243 Å². The summed E-state index contributed by atoms with van der Waals surface area (Å²) in [4.78, 5) is 20.8. The van der Waals surface area contributed by atoms with Crippen LogP contribution in [0.4, 0.5) is 0 Å². The summed E-state index contributed by atoms with van der Waals surface area (Å²) in [5.74, 6) is 1.84. The standard InChI is InChI=1S/C58H43N3S/c1-8-24-44(25-9-1)55-59-56(45-26-22-34-50(42-45)58(47-28-10-2-11-29-47,48-30-12-3-13-31-48)49-32-14-4-15-33-49)61-57(60-55)46-27-23-41-54(43-46)62(51-35-16-5-17-36-51,52-37-18-6-19-38-52)53-39-20-7-21-40-53/h1-43H. The maximum Gasteiger partial charge on any atom is 0.164 e. The summed E-state index contributed by atoms with van der Waals surface area (Å²) in [5.41, 5.74) is 6.78. The molecule has 0 saturated carbocycles. The van der Waals surface area contributed by atoms with E-state index in [1.165, 1.54) is 36.3 Å². The van der Waals surface area contributed by atoms with Crippen molar-refractivity contribution in [2.45, 2.75) is 25.0 Å². The zero-order chi connectivity index (χ0) is 41.6. The molecule has 0 unspecified atom stereocenters. The molecule has 62 heavy (non-hydrogen) atoms. The van der Waals surface area contributed by atoms with Crippen molar-refractivity contribution in [2.75, 3.05) is 0 Å². The van der Waals surface area contributed by atoms with Crippen molar-refractivity contribution >= 4 is 10.0 Å². The lowest BCUT2D eigenvalue weighted by Gasteiger charge is -2.42. The highest BCUT2D eigenvalue weighted by Crippen LogP contribution is 2.73. The lowest BCUT2D eigenvalue weighted by molar-refractivity contribution is 0.745. The Kier molecular flexibility index (Phi) is 10.7. The van der Waals surface area contributed by atoms with Gasteiger partial charge in [-0.05, 0) is 76.9 Å².